The maximum atomic E-state index is 13.5. The van der Waals surface area contributed by atoms with Gasteiger partial charge in [0.15, 0.2) is 0 Å². The highest BCUT2D eigenvalue weighted by Gasteiger charge is 2.19. The van der Waals surface area contributed by atoms with Gasteiger partial charge in [0.05, 0.1) is 11.1 Å². The summed E-state index contributed by atoms with van der Waals surface area (Å²) in [5.41, 5.74) is 1.91. The fourth-order valence-electron chi connectivity index (χ4n) is 3.21. The van der Waals surface area contributed by atoms with Crippen LogP contribution >= 0.6 is 11.6 Å². The first-order valence-corrected chi connectivity index (χ1v) is 9.24. The standard InChI is InChI=1S/C20H21ClF2N2O2/c21-17-11-15(5-6-18(17)23)24-20(27)13-3-4-14(12-22)19(10-13)25-8-1-2-16(26)7-9-25/h3-6,10-11,16,26H,1-2,7-9,12H2,(H,24,27). The molecule has 0 saturated carbocycles. The van der Waals surface area contributed by atoms with E-state index in [0.717, 1.165) is 6.42 Å². The summed E-state index contributed by atoms with van der Waals surface area (Å²) >= 11 is 5.74. The molecule has 144 valence electrons. The van der Waals surface area contributed by atoms with Crippen molar-refractivity contribution in [3.8, 4) is 0 Å². The molecule has 3 rings (SSSR count). The van der Waals surface area contributed by atoms with E-state index in [1.807, 2.05) is 4.90 Å². The summed E-state index contributed by atoms with van der Waals surface area (Å²) in [5.74, 6) is -0.952. The number of halogens is 3. The fraction of sp³-hybridized carbons (Fsp3) is 0.350. The molecule has 7 heteroatoms. The molecule has 4 nitrogen and oxygen atoms in total. The number of aliphatic hydroxyl groups is 1. The number of amides is 1. The van der Waals surface area contributed by atoms with Gasteiger partial charge in [0, 0.05) is 35.6 Å². The normalized spacial score (nSPS) is 17.5. The monoisotopic (exact) mass is 394 g/mol. The molecule has 1 fully saturated rings. The molecule has 0 spiro atoms. The van der Waals surface area contributed by atoms with Gasteiger partial charge in [-0.1, -0.05) is 17.7 Å². The topological polar surface area (TPSA) is 52.6 Å². The van der Waals surface area contributed by atoms with Crippen LogP contribution < -0.4 is 10.2 Å². The van der Waals surface area contributed by atoms with Gasteiger partial charge in [0.25, 0.3) is 5.91 Å². The molecule has 1 heterocycles. The Bertz CT molecular complexity index is 832. The van der Waals surface area contributed by atoms with E-state index in [2.05, 4.69) is 5.32 Å². The molecule has 0 aliphatic carbocycles. The maximum Gasteiger partial charge on any atom is 0.255 e. The molecular weight excluding hydrogens is 374 g/mol. The second-order valence-corrected chi connectivity index (χ2v) is 7.04. The lowest BCUT2D eigenvalue weighted by molar-refractivity contribution is 0.102. The first kappa shape index (κ1) is 19.6. The number of nitrogens with zero attached hydrogens (tertiary/aromatic N) is 1. The van der Waals surface area contributed by atoms with Crippen molar-refractivity contribution in [2.75, 3.05) is 23.3 Å². The van der Waals surface area contributed by atoms with Gasteiger partial charge in [-0.15, -0.1) is 0 Å². The SMILES string of the molecule is O=C(Nc1ccc(F)c(Cl)c1)c1ccc(CF)c(N2CCCC(O)CC2)c1. The van der Waals surface area contributed by atoms with Gasteiger partial charge in [-0.25, -0.2) is 8.78 Å². The summed E-state index contributed by atoms with van der Waals surface area (Å²) in [6.07, 6.45) is 1.78. The summed E-state index contributed by atoms with van der Waals surface area (Å²) in [4.78, 5) is 14.6. The number of rotatable bonds is 4. The molecule has 2 aromatic carbocycles. The zero-order valence-corrected chi connectivity index (χ0v) is 15.5. The molecule has 2 aromatic rings. The lowest BCUT2D eigenvalue weighted by atomic mass is 10.1. The van der Waals surface area contributed by atoms with Gasteiger partial charge in [0.1, 0.15) is 12.5 Å². The summed E-state index contributed by atoms with van der Waals surface area (Å²) in [6.45, 7) is 0.666. The van der Waals surface area contributed by atoms with E-state index in [1.54, 1.807) is 18.2 Å². The Morgan fingerprint density at radius 2 is 2.04 bits per heavy atom. The summed E-state index contributed by atoms with van der Waals surface area (Å²) < 4.78 is 26.7. The average molecular weight is 395 g/mol. The van der Waals surface area contributed by atoms with Crippen molar-refractivity contribution in [3.63, 3.8) is 0 Å². The maximum absolute atomic E-state index is 13.5. The van der Waals surface area contributed by atoms with Crippen LogP contribution in [-0.2, 0) is 6.67 Å². The Hall–Kier alpha value is -2.18. The molecule has 1 aliphatic rings. The highest BCUT2D eigenvalue weighted by molar-refractivity contribution is 6.31. The van der Waals surface area contributed by atoms with Gasteiger partial charge in [-0.2, -0.15) is 0 Å². The van der Waals surface area contributed by atoms with E-state index >= 15 is 0 Å². The van der Waals surface area contributed by atoms with E-state index in [-0.39, 0.29) is 17.0 Å². The number of aliphatic hydroxyl groups excluding tert-OH is 1. The minimum absolute atomic E-state index is 0.0793. The molecule has 1 aliphatic heterocycles. The van der Waals surface area contributed by atoms with Crippen molar-refractivity contribution < 1.29 is 18.7 Å². The van der Waals surface area contributed by atoms with Gasteiger partial charge in [-0.3, -0.25) is 4.79 Å². The predicted octanol–water partition coefficient (Wildman–Crippen LogP) is 4.55. The predicted molar refractivity (Wildman–Crippen MR) is 103 cm³/mol. The van der Waals surface area contributed by atoms with Crippen molar-refractivity contribution >= 4 is 28.9 Å². The molecule has 1 unspecified atom stereocenters. The van der Waals surface area contributed by atoms with Crippen LogP contribution in [-0.4, -0.2) is 30.2 Å². The number of benzene rings is 2. The Kier molecular flexibility index (Phi) is 6.29. The molecular formula is C20H21ClF2N2O2. The highest BCUT2D eigenvalue weighted by Crippen LogP contribution is 2.27. The number of nitrogens with one attached hydrogen (secondary N) is 1. The first-order chi connectivity index (χ1) is 13.0. The van der Waals surface area contributed by atoms with E-state index in [1.165, 1.54) is 18.2 Å². The van der Waals surface area contributed by atoms with Crippen LogP contribution in [0.15, 0.2) is 36.4 Å². The van der Waals surface area contributed by atoms with Crippen LogP contribution in [0.3, 0.4) is 0 Å². The Morgan fingerprint density at radius 1 is 1.22 bits per heavy atom. The van der Waals surface area contributed by atoms with Crippen molar-refractivity contribution in [2.45, 2.75) is 32.0 Å². The number of carbonyl (C=O) groups is 1. The number of alkyl halides is 1. The molecule has 27 heavy (non-hydrogen) atoms. The lowest BCUT2D eigenvalue weighted by Crippen LogP contribution is -2.26. The van der Waals surface area contributed by atoms with Gasteiger partial charge in [0.2, 0.25) is 0 Å². The highest BCUT2D eigenvalue weighted by atomic mass is 35.5. The number of anilines is 2. The minimum atomic E-state index is -0.635. The average Bonchev–Trinajstić information content (AvgIpc) is 2.88. The lowest BCUT2D eigenvalue weighted by Gasteiger charge is -2.25. The second-order valence-electron chi connectivity index (χ2n) is 6.63. The van der Waals surface area contributed by atoms with Crippen LogP contribution in [0.25, 0.3) is 0 Å². The van der Waals surface area contributed by atoms with Crippen LogP contribution in [0.1, 0.15) is 35.2 Å². The molecule has 0 bridgehead atoms. The molecule has 1 saturated heterocycles. The van der Waals surface area contributed by atoms with E-state index in [4.69, 9.17) is 11.6 Å². The smallest absolute Gasteiger partial charge is 0.255 e. The van der Waals surface area contributed by atoms with E-state index in [0.29, 0.717) is 48.4 Å². The van der Waals surface area contributed by atoms with Crippen LogP contribution in [0, 0.1) is 5.82 Å². The quantitative estimate of drug-likeness (QED) is 0.799. The molecule has 2 N–H and O–H groups in total. The largest absolute Gasteiger partial charge is 0.393 e. The third-order valence-corrected chi connectivity index (χ3v) is 5.00. The Labute approximate surface area is 161 Å². The molecule has 0 radical (unpaired) electrons. The van der Waals surface area contributed by atoms with Crippen LogP contribution in [0.2, 0.25) is 5.02 Å². The van der Waals surface area contributed by atoms with Crippen molar-refractivity contribution in [1.82, 2.24) is 0 Å². The zero-order valence-electron chi connectivity index (χ0n) is 14.7. The Balaban J connectivity index is 1.83. The fourth-order valence-corrected chi connectivity index (χ4v) is 3.39. The number of hydrogen-bond acceptors (Lipinski definition) is 3. The second kappa shape index (κ2) is 8.67. The first-order valence-electron chi connectivity index (χ1n) is 8.86. The summed E-state index contributed by atoms with van der Waals surface area (Å²) in [6, 6.07) is 8.76. The molecule has 0 aromatic heterocycles. The summed E-state index contributed by atoms with van der Waals surface area (Å²) in [7, 11) is 0. The van der Waals surface area contributed by atoms with Crippen molar-refractivity contribution in [3.05, 3.63) is 58.4 Å². The number of hydrogen-bond donors (Lipinski definition) is 2. The van der Waals surface area contributed by atoms with Crippen molar-refractivity contribution in [2.24, 2.45) is 0 Å². The third-order valence-electron chi connectivity index (χ3n) is 4.71. The summed E-state index contributed by atoms with van der Waals surface area (Å²) in [5, 5.41) is 12.4. The minimum Gasteiger partial charge on any atom is -0.393 e. The molecule has 1 atom stereocenters. The molecule has 1 amide bonds. The van der Waals surface area contributed by atoms with Gasteiger partial charge < -0.3 is 15.3 Å². The zero-order chi connectivity index (χ0) is 19.4. The van der Waals surface area contributed by atoms with Crippen molar-refractivity contribution in [1.29, 1.82) is 0 Å². The third kappa shape index (κ3) is 4.76. The van der Waals surface area contributed by atoms with Crippen LogP contribution in [0.5, 0.6) is 0 Å². The van der Waals surface area contributed by atoms with Gasteiger partial charge >= 0.3 is 0 Å². The number of carbonyl (C=O) groups excluding carboxylic acids is 1. The Morgan fingerprint density at radius 3 is 2.78 bits per heavy atom. The van der Waals surface area contributed by atoms with Gasteiger partial charge in [-0.05, 0) is 49.6 Å². The van der Waals surface area contributed by atoms with E-state index in [9.17, 15) is 18.7 Å². The van der Waals surface area contributed by atoms with E-state index < -0.39 is 12.5 Å². The van der Waals surface area contributed by atoms with Crippen LogP contribution in [0.4, 0.5) is 20.2 Å².